The van der Waals surface area contributed by atoms with E-state index in [9.17, 15) is 15.2 Å². The summed E-state index contributed by atoms with van der Waals surface area (Å²) in [6, 6.07) is 9.92. The molecular formula is C16H23BN2O4. The average Bonchev–Trinajstić information content (AvgIpc) is 2.84. The summed E-state index contributed by atoms with van der Waals surface area (Å²) in [6.07, 6.45) is 2.67. The van der Waals surface area contributed by atoms with E-state index < -0.39 is 18.5 Å². The summed E-state index contributed by atoms with van der Waals surface area (Å²) >= 11 is 0. The second-order valence-corrected chi connectivity index (χ2v) is 6.43. The number of benzene rings is 1. The Balaban J connectivity index is 2.23. The lowest BCUT2D eigenvalue weighted by Crippen LogP contribution is -2.54. The smallest absolute Gasteiger partial charge is 0.402 e. The minimum atomic E-state index is -1.96. The third-order valence-corrected chi connectivity index (χ3v) is 4.21. The van der Waals surface area contributed by atoms with Crippen LogP contribution in [0, 0.1) is 0 Å². The van der Waals surface area contributed by atoms with Crippen LogP contribution in [0.15, 0.2) is 36.5 Å². The van der Waals surface area contributed by atoms with Crippen molar-refractivity contribution in [2.75, 3.05) is 0 Å². The normalized spacial score (nSPS) is 14.5. The van der Waals surface area contributed by atoms with E-state index in [0.29, 0.717) is 6.42 Å². The molecule has 23 heavy (non-hydrogen) atoms. The zero-order chi connectivity index (χ0) is 17.1. The maximum absolute atomic E-state index is 10.4. The van der Waals surface area contributed by atoms with Gasteiger partial charge in [-0.05, 0) is 31.9 Å². The van der Waals surface area contributed by atoms with Crippen LogP contribution in [-0.4, -0.2) is 43.9 Å². The highest BCUT2D eigenvalue weighted by Crippen LogP contribution is 2.31. The van der Waals surface area contributed by atoms with Gasteiger partial charge in [-0.15, -0.1) is 0 Å². The molecule has 6 nitrogen and oxygen atoms in total. The molecule has 7 heteroatoms. The number of hydrogen-bond donors (Lipinski definition) is 4. The first kappa shape index (κ1) is 17.7. The molecule has 2 aromatic rings. The fourth-order valence-corrected chi connectivity index (χ4v) is 2.44. The van der Waals surface area contributed by atoms with Gasteiger partial charge in [-0.3, -0.25) is 5.10 Å². The van der Waals surface area contributed by atoms with Gasteiger partial charge in [0.25, 0.3) is 0 Å². The van der Waals surface area contributed by atoms with Crippen LogP contribution < -0.4 is 0 Å². The Morgan fingerprint density at radius 2 is 1.83 bits per heavy atom. The molecule has 1 aromatic heterocycles. The van der Waals surface area contributed by atoms with Crippen LogP contribution in [-0.2, 0) is 17.5 Å². The highest BCUT2D eigenvalue weighted by atomic mass is 16.6. The fourth-order valence-electron chi connectivity index (χ4n) is 2.44. The zero-order valence-electron chi connectivity index (χ0n) is 13.7. The molecule has 4 N–H and O–H groups in total. The minimum Gasteiger partial charge on any atom is -0.402 e. The van der Waals surface area contributed by atoms with Crippen molar-refractivity contribution in [1.29, 1.82) is 0 Å². The zero-order valence-corrected chi connectivity index (χ0v) is 13.7. The SMILES string of the molecule is CC(C)(O)C(C)(Cc1c[nH]nc1Cc1ccccc1)OB(O)O. The third kappa shape index (κ3) is 4.42. The van der Waals surface area contributed by atoms with Gasteiger partial charge in [-0.25, -0.2) is 0 Å². The average molecular weight is 318 g/mol. The summed E-state index contributed by atoms with van der Waals surface area (Å²) in [6.45, 7) is 4.80. The number of rotatable bonds is 7. The van der Waals surface area contributed by atoms with E-state index in [1.54, 1.807) is 27.0 Å². The fraction of sp³-hybridized carbons (Fsp3) is 0.438. The van der Waals surface area contributed by atoms with E-state index in [0.717, 1.165) is 16.8 Å². The molecule has 1 atom stereocenters. The predicted molar refractivity (Wildman–Crippen MR) is 87.5 cm³/mol. The van der Waals surface area contributed by atoms with Crippen LogP contribution in [0.4, 0.5) is 0 Å². The van der Waals surface area contributed by atoms with Crippen LogP contribution >= 0.6 is 0 Å². The first-order valence-electron chi connectivity index (χ1n) is 7.53. The van der Waals surface area contributed by atoms with Crippen LogP contribution in [0.5, 0.6) is 0 Å². The molecule has 1 aromatic carbocycles. The van der Waals surface area contributed by atoms with Crippen molar-refractivity contribution in [1.82, 2.24) is 10.2 Å². The number of aromatic amines is 1. The van der Waals surface area contributed by atoms with E-state index in [1.807, 2.05) is 30.3 Å². The van der Waals surface area contributed by atoms with Gasteiger partial charge in [-0.1, -0.05) is 30.3 Å². The lowest BCUT2D eigenvalue weighted by atomic mass is 9.80. The topological polar surface area (TPSA) is 98.6 Å². The monoisotopic (exact) mass is 318 g/mol. The molecular weight excluding hydrogens is 295 g/mol. The van der Waals surface area contributed by atoms with Crippen molar-refractivity contribution >= 4 is 7.32 Å². The van der Waals surface area contributed by atoms with Crippen LogP contribution in [0.3, 0.4) is 0 Å². The van der Waals surface area contributed by atoms with Gasteiger partial charge < -0.3 is 19.8 Å². The van der Waals surface area contributed by atoms with Crippen molar-refractivity contribution in [2.24, 2.45) is 0 Å². The summed E-state index contributed by atoms with van der Waals surface area (Å²) < 4.78 is 5.20. The van der Waals surface area contributed by atoms with Gasteiger partial charge in [-0.2, -0.15) is 5.10 Å². The Morgan fingerprint density at radius 1 is 1.17 bits per heavy atom. The molecule has 1 unspecified atom stereocenters. The molecule has 0 aliphatic carbocycles. The molecule has 0 aliphatic heterocycles. The molecule has 0 spiro atoms. The Morgan fingerprint density at radius 3 is 2.39 bits per heavy atom. The Kier molecular flexibility index (Phi) is 5.26. The summed E-state index contributed by atoms with van der Waals surface area (Å²) in [5.41, 5.74) is 0.352. The summed E-state index contributed by atoms with van der Waals surface area (Å²) in [5.74, 6) is 0. The largest absolute Gasteiger partial charge is 0.634 e. The number of aliphatic hydroxyl groups is 1. The van der Waals surface area contributed by atoms with E-state index in [1.165, 1.54) is 0 Å². The molecule has 124 valence electrons. The first-order valence-corrected chi connectivity index (χ1v) is 7.53. The molecule has 0 fully saturated rings. The number of nitrogens with zero attached hydrogens (tertiary/aromatic N) is 1. The molecule has 0 saturated carbocycles. The Hall–Kier alpha value is -1.67. The van der Waals surface area contributed by atoms with Crippen molar-refractivity contribution in [2.45, 2.75) is 44.8 Å². The van der Waals surface area contributed by atoms with E-state index in [2.05, 4.69) is 10.2 Å². The summed E-state index contributed by atoms with van der Waals surface area (Å²) in [5, 5.41) is 35.9. The lowest BCUT2D eigenvalue weighted by molar-refractivity contribution is -0.120. The number of H-pyrrole nitrogens is 1. The Labute approximate surface area is 136 Å². The quantitative estimate of drug-likeness (QED) is 0.572. The molecule has 0 radical (unpaired) electrons. The van der Waals surface area contributed by atoms with E-state index in [-0.39, 0.29) is 6.42 Å². The van der Waals surface area contributed by atoms with Crippen LogP contribution in [0.2, 0.25) is 0 Å². The second kappa shape index (κ2) is 6.84. The Bertz CT molecular complexity index is 625. The third-order valence-electron chi connectivity index (χ3n) is 4.21. The van der Waals surface area contributed by atoms with E-state index in [4.69, 9.17) is 4.65 Å². The molecule has 0 amide bonds. The minimum absolute atomic E-state index is 0.285. The molecule has 0 aliphatic rings. The molecule has 0 bridgehead atoms. The molecule has 2 rings (SSSR count). The number of hydrogen-bond acceptors (Lipinski definition) is 5. The van der Waals surface area contributed by atoms with Crippen molar-refractivity contribution < 1.29 is 19.8 Å². The molecule has 0 saturated heterocycles. The first-order chi connectivity index (χ1) is 10.7. The van der Waals surface area contributed by atoms with Crippen molar-refractivity contribution in [3.63, 3.8) is 0 Å². The van der Waals surface area contributed by atoms with Crippen molar-refractivity contribution in [3.05, 3.63) is 53.3 Å². The standard InChI is InChI=1S/C16H23BN2O4/c1-15(2,20)16(3,23-17(21)22)10-13-11-18-19-14(13)9-12-7-5-4-6-8-12/h4-8,11,20-22H,9-10H2,1-3H3,(H,18,19). The maximum Gasteiger partial charge on any atom is 0.634 e. The highest BCUT2D eigenvalue weighted by molar-refractivity contribution is 6.32. The van der Waals surface area contributed by atoms with Crippen molar-refractivity contribution in [3.8, 4) is 0 Å². The maximum atomic E-state index is 10.4. The number of aromatic nitrogens is 2. The van der Waals surface area contributed by atoms with Gasteiger partial charge in [0.15, 0.2) is 0 Å². The predicted octanol–water partition coefficient (Wildman–Crippen LogP) is 1.06. The number of nitrogens with one attached hydrogen (secondary N) is 1. The van der Waals surface area contributed by atoms with Gasteiger partial charge in [0.2, 0.25) is 0 Å². The highest BCUT2D eigenvalue weighted by Gasteiger charge is 2.44. The second-order valence-electron chi connectivity index (χ2n) is 6.43. The van der Waals surface area contributed by atoms with Gasteiger partial charge in [0.1, 0.15) is 0 Å². The summed E-state index contributed by atoms with van der Waals surface area (Å²) in [7, 11) is -1.96. The summed E-state index contributed by atoms with van der Waals surface area (Å²) in [4.78, 5) is 0. The molecule has 1 heterocycles. The van der Waals surface area contributed by atoms with Crippen LogP contribution in [0.25, 0.3) is 0 Å². The van der Waals surface area contributed by atoms with Gasteiger partial charge in [0, 0.05) is 19.0 Å². The van der Waals surface area contributed by atoms with Crippen LogP contribution in [0.1, 0.15) is 37.6 Å². The van der Waals surface area contributed by atoms with Gasteiger partial charge >= 0.3 is 7.32 Å². The van der Waals surface area contributed by atoms with E-state index >= 15 is 0 Å². The lowest BCUT2D eigenvalue weighted by Gasteiger charge is -2.40. The van der Waals surface area contributed by atoms with Gasteiger partial charge in [0.05, 0.1) is 16.9 Å².